The van der Waals surface area contributed by atoms with E-state index in [1.807, 2.05) is 12.1 Å². The zero-order valence-electron chi connectivity index (χ0n) is 16.1. The van der Waals surface area contributed by atoms with E-state index in [0.717, 1.165) is 9.99 Å². The van der Waals surface area contributed by atoms with E-state index in [2.05, 4.69) is 52.2 Å². The third-order valence-corrected chi connectivity index (χ3v) is 5.70. The molecule has 1 aliphatic heterocycles. The fourth-order valence-corrected chi connectivity index (χ4v) is 4.17. The van der Waals surface area contributed by atoms with E-state index in [0.29, 0.717) is 18.0 Å². The molecule has 6 nitrogen and oxygen atoms in total. The van der Waals surface area contributed by atoms with Gasteiger partial charge in [-0.25, -0.2) is 0 Å². The van der Waals surface area contributed by atoms with E-state index in [1.54, 1.807) is 25.2 Å². The molecule has 0 aromatic heterocycles. The molecule has 0 bridgehead atoms. The Hall–Kier alpha value is -2.29. The summed E-state index contributed by atoms with van der Waals surface area (Å²) in [4.78, 5) is 25.2. The second-order valence-electron chi connectivity index (χ2n) is 6.62. The van der Waals surface area contributed by atoms with Gasteiger partial charge in [0.1, 0.15) is 17.5 Å². The number of methoxy groups -OCH3 is 2. The van der Waals surface area contributed by atoms with E-state index in [1.165, 1.54) is 18.1 Å². The maximum atomic E-state index is 12.2. The molecule has 2 atom stereocenters. The summed E-state index contributed by atoms with van der Waals surface area (Å²) in [5.41, 5.74) is 3.76. The molecule has 7 heteroatoms. The first-order valence-electron chi connectivity index (χ1n) is 8.93. The minimum absolute atomic E-state index is 0.00353. The molecule has 3 aliphatic rings. The average Bonchev–Trinajstić information content (AvgIpc) is 3.31. The molecule has 1 heterocycles. The monoisotopic (exact) mass is 494 g/mol. The third-order valence-electron chi connectivity index (χ3n) is 4.80. The number of likely N-dealkylation sites (tertiary alicyclic amines) is 1. The summed E-state index contributed by atoms with van der Waals surface area (Å²) in [6.07, 6.45) is 0. The van der Waals surface area contributed by atoms with Gasteiger partial charge in [-0.2, -0.15) is 0 Å². The second-order valence-corrected chi connectivity index (χ2v) is 7.51. The first-order chi connectivity index (χ1) is 13.5. The van der Waals surface area contributed by atoms with Gasteiger partial charge in [-0.15, -0.1) is 0 Å². The van der Waals surface area contributed by atoms with Crippen LogP contribution < -0.4 is 14.8 Å². The van der Waals surface area contributed by atoms with Crippen molar-refractivity contribution >= 4 is 34.4 Å². The highest BCUT2D eigenvalue weighted by Crippen LogP contribution is 2.33. The van der Waals surface area contributed by atoms with Gasteiger partial charge in [-0.3, -0.25) is 9.59 Å². The Morgan fingerprint density at radius 1 is 1.14 bits per heavy atom. The van der Waals surface area contributed by atoms with Crippen LogP contribution in [-0.2, 0) is 16.1 Å². The van der Waals surface area contributed by atoms with E-state index >= 15 is 0 Å². The number of β-lactam (4-membered cyclic amide) rings is 1. The van der Waals surface area contributed by atoms with Gasteiger partial charge in [-0.05, 0) is 29.3 Å². The highest BCUT2D eigenvalue weighted by atomic mass is 127. The largest absolute Gasteiger partial charge is 0.497 e. The van der Waals surface area contributed by atoms with Crippen LogP contribution >= 0.6 is 22.6 Å². The van der Waals surface area contributed by atoms with Gasteiger partial charge >= 0.3 is 0 Å². The van der Waals surface area contributed by atoms with Gasteiger partial charge in [0.25, 0.3) is 0 Å². The maximum absolute atomic E-state index is 12.2. The van der Waals surface area contributed by atoms with Crippen LogP contribution in [-0.4, -0.2) is 47.4 Å². The molecule has 4 rings (SSSR count). The highest BCUT2D eigenvalue weighted by molar-refractivity contribution is 14.1. The lowest BCUT2D eigenvalue weighted by Gasteiger charge is -2.46. The number of hydrogen-bond donors (Lipinski definition) is 1. The van der Waals surface area contributed by atoms with Crippen molar-refractivity contribution in [1.29, 1.82) is 0 Å². The molecule has 2 unspecified atom stereocenters. The second kappa shape index (κ2) is 8.81. The first-order valence-corrected chi connectivity index (χ1v) is 10.5. The van der Waals surface area contributed by atoms with E-state index in [9.17, 15) is 9.59 Å². The molecule has 2 aliphatic carbocycles. The summed E-state index contributed by atoms with van der Waals surface area (Å²) >= 11 is 2.23. The average molecular weight is 494 g/mol. The molecule has 1 fully saturated rings. The van der Waals surface area contributed by atoms with Crippen molar-refractivity contribution in [3.05, 3.63) is 48.0 Å². The van der Waals surface area contributed by atoms with Crippen molar-refractivity contribution in [3.63, 3.8) is 0 Å². The van der Waals surface area contributed by atoms with E-state index in [-0.39, 0.29) is 17.9 Å². The number of ether oxygens (including phenoxy) is 2. The highest BCUT2D eigenvalue weighted by Gasteiger charge is 2.47. The van der Waals surface area contributed by atoms with Crippen LogP contribution in [0, 0.1) is 0 Å². The summed E-state index contributed by atoms with van der Waals surface area (Å²) in [6.45, 7) is 1.88. The Morgan fingerprint density at radius 3 is 2.32 bits per heavy atom. The maximum Gasteiger partial charge on any atom is 0.247 e. The normalized spacial score (nSPS) is 18.4. The Labute approximate surface area is 178 Å². The Balaban J connectivity index is 0.000000311. The van der Waals surface area contributed by atoms with E-state index in [4.69, 9.17) is 9.47 Å². The van der Waals surface area contributed by atoms with E-state index < -0.39 is 6.04 Å². The molecule has 28 heavy (non-hydrogen) atoms. The number of alkyl halides is 1. The molecule has 1 N–H and O–H groups in total. The lowest BCUT2D eigenvalue weighted by atomic mass is 9.95. The standard InChI is InChI=1S/C15H19IN2O4.C6H4/c1-9(19)17-14-12(7-16)18(15(14)20)8-10-4-5-11(21-2)6-13(10)22-3;1-2-5-4-6(5)3-1/h4-6,12,14H,7-8H2,1-3H3,(H,17,19);1-4H. The molecular formula is C21H23IN2O4. The molecule has 1 aromatic carbocycles. The fourth-order valence-electron chi connectivity index (χ4n) is 3.19. The van der Waals surface area contributed by atoms with Crippen molar-refractivity contribution in [2.24, 2.45) is 0 Å². The number of carbonyl (C=O) groups is 2. The summed E-state index contributed by atoms with van der Waals surface area (Å²) in [7, 11) is 3.18. The number of benzene rings is 2. The lowest BCUT2D eigenvalue weighted by Crippen LogP contribution is -2.70. The predicted molar refractivity (Wildman–Crippen MR) is 116 cm³/mol. The molecule has 0 saturated carbocycles. The van der Waals surface area contributed by atoms with Gasteiger partial charge in [0, 0.05) is 29.5 Å². The van der Waals surface area contributed by atoms with Crippen molar-refractivity contribution in [1.82, 2.24) is 10.2 Å². The van der Waals surface area contributed by atoms with Gasteiger partial charge in [0.2, 0.25) is 11.8 Å². The Morgan fingerprint density at radius 2 is 1.86 bits per heavy atom. The van der Waals surface area contributed by atoms with Crippen LogP contribution in [0.25, 0.3) is 11.1 Å². The summed E-state index contributed by atoms with van der Waals surface area (Å²) < 4.78 is 11.3. The Kier molecular flexibility index (Phi) is 6.43. The zero-order chi connectivity index (χ0) is 20.3. The number of nitrogens with one attached hydrogen (secondary N) is 1. The Bertz CT molecular complexity index is 869. The summed E-state index contributed by atoms with van der Waals surface area (Å²) in [5.74, 6) is 1.14. The smallest absolute Gasteiger partial charge is 0.247 e. The van der Waals surface area contributed by atoms with Crippen LogP contribution in [0.3, 0.4) is 0 Å². The number of hydrogen-bond acceptors (Lipinski definition) is 4. The van der Waals surface area contributed by atoms with Crippen LogP contribution in [0.1, 0.15) is 12.5 Å². The van der Waals surface area contributed by atoms with Crippen molar-refractivity contribution in [2.75, 3.05) is 18.6 Å². The summed E-state index contributed by atoms with van der Waals surface area (Å²) in [6, 6.07) is 13.6. The number of halogens is 1. The first kappa shape index (κ1) is 20.4. The molecule has 1 aromatic rings. The molecule has 0 spiro atoms. The van der Waals surface area contributed by atoms with Crippen molar-refractivity contribution < 1.29 is 19.1 Å². The number of amides is 2. The van der Waals surface area contributed by atoms with Crippen LogP contribution in [0.2, 0.25) is 0 Å². The van der Waals surface area contributed by atoms with Crippen molar-refractivity contribution in [3.8, 4) is 22.6 Å². The van der Waals surface area contributed by atoms with Crippen LogP contribution in [0.4, 0.5) is 0 Å². The fraction of sp³-hybridized carbons (Fsp3) is 0.333. The number of nitrogens with zero attached hydrogens (tertiary/aromatic N) is 1. The minimum atomic E-state index is -0.418. The van der Waals surface area contributed by atoms with Gasteiger partial charge < -0.3 is 19.7 Å². The van der Waals surface area contributed by atoms with Gasteiger partial charge in [-0.1, -0.05) is 40.8 Å². The third kappa shape index (κ3) is 4.40. The lowest BCUT2D eigenvalue weighted by molar-refractivity contribution is -0.152. The molecule has 1 saturated heterocycles. The van der Waals surface area contributed by atoms with Crippen molar-refractivity contribution in [2.45, 2.75) is 25.6 Å². The number of fused-ring (bicyclic) bond motifs is 1. The molecule has 0 radical (unpaired) electrons. The van der Waals surface area contributed by atoms with Gasteiger partial charge in [0.15, 0.2) is 0 Å². The van der Waals surface area contributed by atoms with Crippen LogP contribution in [0.5, 0.6) is 11.5 Å². The topological polar surface area (TPSA) is 67.9 Å². The summed E-state index contributed by atoms with van der Waals surface area (Å²) in [5, 5.41) is 2.71. The predicted octanol–water partition coefficient (Wildman–Crippen LogP) is 3.02. The zero-order valence-corrected chi connectivity index (χ0v) is 18.2. The quantitative estimate of drug-likeness (QED) is 0.325. The SMILES string of the molecule is COc1ccc(CN2C(=O)C(NC(C)=O)C2CI)c(OC)c1.c1cc2cc-2c1. The molecule has 148 valence electrons. The molecular weight excluding hydrogens is 471 g/mol. The minimum Gasteiger partial charge on any atom is -0.497 e. The molecule has 2 amide bonds. The number of carbonyl (C=O) groups excluding carboxylic acids is 2. The van der Waals surface area contributed by atoms with Gasteiger partial charge in [0.05, 0.1) is 20.3 Å². The van der Waals surface area contributed by atoms with Crippen LogP contribution in [0.15, 0.2) is 42.5 Å². The number of rotatable bonds is 6.